The number of nitrogens with one attached hydrogen (secondary N) is 1. The fraction of sp³-hybridized carbons (Fsp3) is 0.333. The van der Waals surface area contributed by atoms with E-state index in [9.17, 15) is 14.4 Å². The Labute approximate surface area is 172 Å². The monoisotopic (exact) mass is 404 g/mol. The number of amides is 3. The topological polar surface area (TPSA) is 108 Å². The summed E-state index contributed by atoms with van der Waals surface area (Å²) in [6.45, 7) is 0.593. The fourth-order valence-corrected chi connectivity index (χ4v) is 3.94. The second kappa shape index (κ2) is 7.33. The summed E-state index contributed by atoms with van der Waals surface area (Å²) in [7, 11) is 0. The number of imide groups is 1. The van der Waals surface area contributed by atoms with Gasteiger partial charge in [-0.25, -0.2) is 0 Å². The molecule has 30 heavy (non-hydrogen) atoms. The predicted octanol–water partition coefficient (Wildman–Crippen LogP) is 1.36. The Bertz CT molecular complexity index is 1050. The highest BCUT2D eigenvalue weighted by molar-refractivity contribution is 6.19. The van der Waals surface area contributed by atoms with Crippen molar-refractivity contribution in [3.8, 4) is 11.4 Å². The fourth-order valence-electron chi connectivity index (χ4n) is 3.94. The second-order valence-electron chi connectivity index (χ2n) is 7.63. The van der Waals surface area contributed by atoms with Gasteiger partial charge < -0.3 is 10.2 Å². The van der Waals surface area contributed by atoms with Crippen molar-refractivity contribution >= 4 is 23.4 Å². The zero-order valence-corrected chi connectivity index (χ0v) is 16.2. The van der Waals surface area contributed by atoms with Gasteiger partial charge in [0.15, 0.2) is 0 Å². The van der Waals surface area contributed by atoms with Crippen molar-refractivity contribution in [2.45, 2.75) is 31.7 Å². The zero-order chi connectivity index (χ0) is 20.7. The SMILES string of the molecule is O=C(CN1CCCC2=C1C(=O)N(C1CC1)C2=O)Nc1ccc(-c2cnccn2)nc1. The van der Waals surface area contributed by atoms with Gasteiger partial charge in [0.2, 0.25) is 5.91 Å². The summed E-state index contributed by atoms with van der Waals surface area (Å²) in [5.41, 5.74) is 2.81. The van der Waals surface area contributed by atoms with E-state index >= 15 is 0 Å². The van der Waals surface area contributed by atoms with Gasteiger partial charge in [-0.3, -0.25) is 34.2 Å². The molecule has 5 rings (SSSR count). The van der Waals surface area contributed by atoms with E-state index in [-0.39, 0.29) is 30.3 Å². The second-order valence-corrected chi connectivity index (χ2v) is 7.63. The van der Waals surface area contributed by atoms with Gasteiger partial charge in [0.1, 0.15) is 11.4 Å². The third kappa shape index (κ3) is 3.32. The van der Waals surface area contributed by atoms with Gasteiger partial charge in [-0.05, 0) is 37.8 Å². The van der Waals surface area contributed by atoms with Crippen LogP contribution in [0.1, 0.15) is 25.7 Å². The van der Waals surface area contributed by atoms with Crippen LogP contribution in [0.2, 0.25) is 0 Å². The van der Waals surface area contributed by atoms with Crippen molar-refractivity contribution in [3.05, 3.63) is 48.2 Å². The molecule has 0 unspecified atom stereocenters. The molecule has 0 bridgehead atoms. The van der Waals surface area contributed by atoms with Gasteiger partial charge in [0, 0.05) is 30.6 Å². The van der Waals surface area contributed by atoms with Crippen LogP contribution in [-0.4, -0.2) is 61.6 Å². The minimum Gasteiger partial charge on any atom is -0.357 e. The van der Waals surface area contributed by atoms with Crippen LogP contribution in [0.15, 0.2) is 48.2 Å². The number of pyridine rings is 1. The minimum absolute atomic E-state index is 0.0161. The summed E-state index contributed by atoms with van der Waals surface area (Å²) in [4.78, 5) is 53.7. The first-order valence-electron chi connectivity index (χ1n) is 10.00. The van der Waals surface area contributed by atoms with Gasteiger partial charge in [0.25, 0.3) is 11.8 Å². The quantitative estimate of drug-likeness (QED) is 0.750. The molecule has 0 spiro atoms. The normalized spacial score (nSPS) is 18.7. The standard InChI is InChI=1S/C21H20N6O3/c28-18(25-13-3-6-16(24-10-13)17-11-22-7-8-23-17)12-26-9-1-2-15-19(26)21(30)27(20(15)29)14-4-5-14/h3,6-8,10-11,14H,1-2,4-5,9,12H2,(H,25,28). The molecule has 0 saturated heterocycles. The molecule has 0 aromatic carbocycles. The van der Waals surface area contributed by atoms with Crippen LogP contribution < -0.4 is 5.32 Å². The molecule has 1 N–H and O–H groups in total. The summed E-state index contributed by atoms with van der Waals surface area (Å²) in [6, 6.07) is 3.54. The molecule has 152 valence electrons. The maximum absolute atomic E-state index is 12.8. The highest BCUT2D eigenvalue weighted by Crippen LogP contribution is 2.38. The van der Waals surface area contributed by atoms with Gasteiger partial charge in [0.05, 0.1) is 30.3 Å². The number of rotatable bonds is 5. The van der Waals surface area contributed by atoms with Crippen LogP contribution in [0, 0.1) is 0 Å². The lowest BCUT2D eigenvalue weighted by atomic mass is 10.0. The maximum Gasteiger partial charge on any atom is 0.277 e. The number of anilines is 1. The van der Waals surface area contributed by atoms with E-state index in [1.807, 2.05) is 0 Å². The van der Waals surface area contributed by atoms with Crippen molar-refractivity contribution in [1.29, 1.82) is 0 Å². The molecule has 1 saturated carbocycles. The van der Waals surface area contributed by atoms with Gasteiger partial charge in [-0.15, -0.1) is 0 Å². The highest BCUT2D eigenvalue weighted by atomic mass is 16.2. The number of hydrogen-bond acceptors (Lipinski definition) is 7. The third-order valence-corrected chi connectivity index (χ3v) is 5.47. The maximum atomic E-state index is 12.8. The molecule has 0 atom stereocenters. The summed E-state index contributed by atoms with van der Waals surface area (Å²) in [5, 5.41) is 2.81. The van der Waals surface area contributed by atoms with Crippen LogP contribution in [0.25, 0.3) is 11.4 Å². The lowest BCUT2D eigenvalue weighted by Crippen LogP contribution is -2.40. The number of carbonyl (C=O) groups is 3. The smallest absolute Gasteiger partial charge is 0.277 e. The molecule has 0 radical (unpaired) electrons. The van der Waals surface area contributed by atoms with Gasteiger partial charge in [-0.2, -0.15) is 0 Å². The zero-order valence-electron chi connectivity index (χ0n) is 16.2. The summed E-state index contributed by atoms with van der Waals surface area (Å²) >= 11 is 0. The summed E-state index contributed by atoms with van der Waals surface area (Å²) in [5.74, 6) is -0.686. The number of hydrogen-bond donors (Lipinski definition) is 1. The molecule has 3 aliphatic rings. The van der Waals surface area contributed by atoms with Crippen LogP contribution in [0.3, 0.4) is 0 Å². The Morgan fingerprint density at radius 1 is 1.07 bits per heavy atom. The van der Waals surface area contributed by atoms with Crippen molar-refractivity contribution < 1.29 is 14.4 Å². The van der Waals surface area contributed by atoms with Crippen molar-refractivity contribution in [2.75, 3.05) is 18.4 Å². The Morgan fingerprint density at radius 2 is 1.93 bits per heavy atom. The first-order chi connectivity index (χ1) is 14.6. The third-order valence-electron chi connectivity index (χ3n) is 5.47. The molecular formula is C21H20N6O3. The lowest BCUT2D eigenvalue weighted by Gasteiger charge is -2.28. The minimum atomic E-state index is -0.261. The molecule has 2 aromatic heterocycles. The van der Waals surface area contributed by atoms with Crippen LogP contribution in [0.4, 0.5) is 5.69 Å². The molecule has 1 fully saturated rings. The van der Waals surface area contributed by atoms with Crippen LogP contribution >= 0.6 is 0 Å². The van der Waals surface area contributed by atoms with Gasteiger partial charge >= 0.3 is 0 Å². The predicted molar refractivity (Wildman–Crippen MR) is 107 cm³/mol. The van der Waals surface area contributed by atoms with E-state index in [1.165, 1.54) is 4.90 Å². The van der Waals surface area contributed by atoms with Crippen molar-refractivity contribution in [2.24, 2.45) is 0 Å². The average molecular weight is 404 g/mol. The van der Waals surface area contributed by atoms with Gasteiger partial charge in [-0.1, -0.05) is 0 Å². The summed E-state index contributed by atoms with van der Waals surface area (Å²) in [6.07, 6.45) is 9.44. The highest BCUT2D eigenvalue weighted by Gasteiger charge is 2.48. The van der Waals surface area contributed by atoms with Crippen LogP contribution in [-0.2, 0) is 14.4 Å². The number of aromatic nitrogens is 3. The molecule has 9 heteroatoms. The van der Waals surface area contributed by atoms with E-state index in [2.05, 4.69) is 20.3 Å². The molecule has 2 aliphatic heterocycles. The van der Waals surface area contributed by atoms with E-state index in [4.69, 9.17) is 0 Å². The number of carbonyl (C=O) groups excluding carboxylic acids is 3. The molecule has 4 heterocycles. The number of nitrogens with zero attached hydrogens (tertiary/aromatic N) is 5. The molecular weight excluding hydrogens is 384 g/mol. The largest absolute Gasteiger partial charge is 0.357 e. The first kappa shape index (κ1) is 18.4. The Hall–Kier alpha value is -3.62. The van der Waals surface area contributed by atoms with Crippen molar-refractivity contribution in [3.63, 3.8) is 0 Å². The Kier molecular flexibility index (Phi) is 4.50. The molecule has 9 nitrogen and oxygen atoms in total. The van der Waals surface area contributed by atoms with E-state index in [0.717, 1.165) is 19.3 Å². The average Bonchev–Trinajstić information content (AvgIpc) is 3.56. The molecule has 1 aliphatic carbocycles. The Balaban J connectivity index is 1.26. The first-order valence-corrected chi connectivity index (χ1v) is 10.00. The van der Waals surface area contributed by atoms with E-state index < -0.39 is 0 Å². The van der Waals surface area contributed by atoms with E-state index in [0.29, 0.717) is 41.3 Å². The van der Waals surface area contributed by atoms with Crippen molar-refractivity contribution in [1.82, 2.24) is 24.8 Å². The molecule has 3 amide bonds. The lowest BCUT2D eigenvalue weighted by molar-refractivity contribution is -0.138. The van der Waals surface area contributed by atoms with E-state index in [1.54, 1.807) is 41.8 Å². The summed E-state index contributed by atoms with van der Waals surface area (Å²) < 4.78 is 0. The van der Waals surface area contributed by atoms with Crippen LogP contribution in [0.5, 0.6) is 0 Å². The molecule has 2 aromatic rings. The Morgan fingerprint density at radius 3 is 2.63 bits per heavy atom.